The van der Waals surface area contributed by atoms with Crippen LogP contribution in [0, 0.1) is 5.92 Å². The van der Waals surface area contributed by atoms with Gasteiger partial charge >= 0.3 is 0 Å². The van der Waals surface area contributed by atoms with Gasteiger partial charge < -0.3 is 20.3 Å². The molecule has 2 atom stereocenters. The predicted octanol–water partition coefficient (Wildman–Crippen LogP) is 1.78. The Labute approximate surface area is 148 Å². The van der Waals surface area contributed by atoms with Crippen LogP contribution in [-0.2, 0) is 9.59 Å². The van der Waals surface area contributed by atoms with Crippen LogP contribution in [0.15, 0.2) is 24.3 Å². The molecule has 0 bridgehead atoms. The lowest BCUT2D eigenvalue weighted by molar-refractivity contribution is -0.137. The first-order chi connectivity index (χ1) is 12.1. The van der Waals surface area contributed by atoms with Crippen LogP contribution in [0.3, 0.4) is 0 Å². The van der Waals surface area contributed by atoms with Gasteiger partial charge in [0.2, 0.25) is 5.91 Å². The van der Waals surface area contributed by atoms with E-state index in [1.807, 2.05) is 29.2 Å². The minimum Gasteiger partial charge on any atom is -0.484 e. The summed E-state index contributed by atoms with van der Waals surface area (Å²) in [5, 5.41) is 0. The summed E-state index contributed by atoms with van der Waals surface area (Å²) < 4.78 is 5.71. The monoisotopic (exact) mass is 345 g/mol. The Balaban J connectivity index is 1.59. The highest BCUT2D eigenvalue weighted by atomic mass is 16.5. The van der Waals surface area contributed by atoms with E-state index in [1.165, 1.54) is 0 Å². The van der Waals surface area contributed by atoms with Crippen LogP contribution in [0.4, 0.5) is 5.69 Å². The van der Waals surface area contributed by atoms with Crippen molar-refractivity contribution in [2.75, 3.05) is 31.1 Å². The number of benzene rings is 1. The third kappa shape index (κ3) is 4.12. The SMILES string of the molecule is CC1CCN(C(=O)COc2cccc(N3CCCC3=O)c2)C(CN)C1. The van der Waals surface area contributed by atoms with Crippen molar-refractivity contribution in [3.63, 3.8) is 0 Å². The van der Waals surface area contributed by atoms with Crippen LogP contribution >= 0.6 is 0 Å². The lowest BCUT2D eigenvalue weighted by atomic mass is 9.92. The average Bonchev–Trinajstić information content (AvgIpc) is 3.05. The molecule has 0 spiro atoms. The number of anilines is 1. The Morgan fingerprint density at radius 3 is 2.92 bits per heavy atom. The van der Waals surface area contributed by atoms with Gasteiger partial charge in [0.15, 0.2) is 6.61 Å². The number of rotatable bonds is 5. The quantitative estimate of drug-likeness (QED) is 0.882. The lowest BCUT2D eigenvalue weighted by Crippen LogP contribution is -2.50. The Kier molecular flexibility index (Phi) is 5.58. The number of ether oxygens (including phenoxy) is 1. The van der Waals surface area contributed by atoms with Crippen LogP contribution in [0.1, 0.15) is 32.6 Å². The molecule has 0 aromatic heterocycles. The topological polar surface area (TPSA) is 75.9 Å². The van der Waals surface area contributed by atoms with E-state index in [1.54, 1.807) is 4.90 Å². The van der Waals surface area contributed by atoms with Crippen molar-refractivity contribution < 1.29 is 14.3 Å². The highest BCUT2D eigenvalue weighted by Crippen LogP contribution is 2.26. The molecule has 0 aliphatic carbocycles. The Morgan fingerprint density at radius 2 is 2.20 bits per heavy atom. The Morgan fingerprint density at radius 1 is 1.36 bits per heavy atom. The number of carbonyl (C=O) groups excluding carboxylic acids is 2. The molecule has 0 saturated carbocycles. The molecule has 2 aliphatic rings. The molecule has 1 aromatic carbocycles. The molecule has 2 N–H and O–H groups in total. The summed E-state index contributed by atoms with van der Waals surface area (Å²) in [7, 11) is 0. The van der Waals surface area contributed by atoms with Crippen LogP contribution < -0.4 is 15.4 Å². The van der Waals surface area contributed by atoms with Crippen molar-refractivity contribution in [3.05, 3.63) is 24.3 Å². The van der Waals surface area contributed by atoms with Gasteiger partial charge in [-0.1, -0.05) is 13.0 Å². The fraction of sp³-hybridized carbons (Fsp3) is 0.579. The highest BCUT2D eigenvalue weighted by molar-refractivity contribution is 5.95. The zero-order valence-corrected chi connectivity index (χ0v) is 14.8. The fourth-order valence-corrected chi connectivity index (χ4v) is 3.69. The Hall–Kier alpha value is -2.08. The number of hydrogen-bond donors (Lipinski definition) is 1. The molecule has 2 saturated heterocycles. The summed E-state index contributed by atoms with van der Waals surface area (Å²) in [5.41, 5.74) is 6.66. The lowest BCUT2D eigenvalue weighted by Gasteiger charge is -2.37. The minimum atomic E-state index is -0.0231. The smallest absolute Gasteiger partial charge is 0.260 e. The third-order valence-corrected chi connectivity index (χ3v) is 5.14. The molecule has 0 radical (unpaired) electrons. The van der Waals surface area contributed by atoms with Crippen molar-refractivity contribution in [2.24, 2.45) is 11.7 Å². The molecule has 2 amide bonds. The third-order valence-electron chi connectivity index (χ3n) is 5.14. The van der Waals surface area contributed by atoms with Gasteiger partial charge in [0.1, 0.15) is 5.75 Å². The summed E-state index contributed by atoms with van der Waals surface area (Å²) in [6, 6.07) is 7.50. The first kappa shape index (κ1) is 17.7. The van der Waals surface area contributed by atoms with E-state index in [0.717, 1.165) is 38.0 Å². The van der Waals surface area contributed by atoms with E-state index in [9.17, 15) is 9.59 Å². The van der Waals surface area contributed by atoms with Crippen molar-refractivity contribution in [1.29, 1.82) is 0 Å². The predicted molar refractivity (Wildman–Crippen MR) is 96.5 cm³/mol. The summed E-state index contributed by atoms with van der Waals surface area (Å²) in [4.78, 5) is 28.0. The van der Waals surface area contributed by atoms with E-state index in [4.69, 9.17) is 10.5 Å². The van der Waals surface area contributed by atoms with E-state index in [-0.39, 0.29) is 24.5 Å². The summed E-state index contributed by atoms with van der Waals surface area (Å²) in [6.07, 6.45) is 3.44. The van der Waals surface area contributed by atoms with Crippen molar-refractivity contribution >= 4 is 17.5 Å². The minimum absolute atomic E-state index is 0.00226. The number of hydrogen-bond acceptors (Lipinski definition) is 4. The van der Waals surface area contributed by atoms with Gasteiger partial charge in [-0.05, 0) is 37.3 Å². The molecule has 6 heteroatoms. The molecule has 2 heterocycles. The number of amides is 2. The van der Waals surface area contributed by atoms with Crippen LogP contribution in [0.25, 0.3) is 0 Å². The molecule has 1 aromatic rings. The van der Waals surface area contributed by atoms with Gasteiger partial charge in [-0.25, -0.2) is 0 Å². The van der Waals surface area contributed by atoms with E-state index < -0.39 is 0 Å². The van der Waals surface area contributed by atoms with Gasteiger partial charge in [0, 0.05) is 43.9 Å². The number of piperidine rings is 1. The number of nitrogens with zero attached hydrogens (tertiary/aromatic N) is 2. The van der Waals surface area contributed by atoms with E-state index in [0.29, 0.717) is 24.6 Å². The van der Waals surface area contributed by atoms with E-state index >= 15 is 0 Å². The average molecular weight is 345 g/mol. The summed E-state index contributed by atoms with van der Waals surface area (Å²) in [5.74, 6) is 1.33. The van der Waals surface area contributed by atoms with Crippen molar-refractivity contribution in [2.45, 2.75) is 38.6 Å². The number of likely N-dealkylation sites (tertiary alicyclic amines) is 1. The molecular weight excluding hydrogens is 318 g/mol. The second-order valence-corrected chi connectivity index (χ2v) is 7.04. The second kappa shape index (κ2) is 7.87. The molecule has 6 nitrogen and oxygen atoms in total. The maximum Gasteiger partial charge on any atom is 0.260 e. The van der Waals surface area contributed by atoms with Gasteiger partial charge in [-0.3, -0.25) is 9.59 Å². The number of carbonyl (C=O) groups is 2. The first-order valence-electron chi connectivity index (χ1n) is 9.11. The van der Waals surface area contributed by atoms with Crippen LogP contribution in [-0.4, -0.2) is 49.0 Å². The van der Waals surface area contributed by atoms with E-state index in [2.05, 4.69) is 6.92 Å². The van der Waals surface area contributed by atoms with Crippen LogP contribution in [0.2, 0.25) is 0 Å². The summed E-state index contributed by atoms with van der Waals surface area (Å²) in [6.45, 7) is 4.18. The Bertz CT molecular complexity index is 634. The standard InChI is InChI=1S/C19H27N3O3/c1-14-7-9-22(16(10-14)12-20)19(24)13-25-17-5-2-4-15(11-17)21-8-3-6-18(21)23/h2,4-5,11,14,16H,3,6-10,12-13,20H2,1H3. The van der Waals surface area contributed by atoms with Crippen LogP contribution in [0.5, 0.6) is 5.75 Å². The largest absolute Gasteiger partial charge is 0.484 e. The zero-order valence-electron chi connectivity index (χ0n) is 14.8. The molecule has 2 unspecified atom stereocenters. The normalized spacial score (nSPS) is 23.8. The highest BCUT2D eigenvalue weighted by Gasteiger charge is 2.29. The second-order valence-electron chi connectivity index (χ2n) is 7.04. The molecule has 136 valence electrons. The van der Waals surface area contributed by atoms with Crippen molar-refractivity contribution in [3.8, 4) is 5.75 Å². The summed E-state index contributed by atoms with van der Waals surface area (Å²) >= 11 is 0. The first-order valence-corrected chi connectivity index (χ1v) is 9.11. The molecule has 2 aliphatic heterocycles. The molecule has 3 rings (SSSR count). The maximum atomic E-state index is 12.5. The van der Waals surface area contributed by atoms with Gasteiger partial charge in [-0.15, -0.1) is 0 Å². The van der Waals surface area contributed by atoms with Crippen molar-refractivity contribution in [1.82, 2.24) is 4.90 Å². The molecule has 25 heavy (non-hydrogen) atoms. The van der Waals surface area contributed by atoms with Gasteiger partial charge in [0.05, 0.1) is 0 Å². The van der Waals surface area contributed by atoms with Gasteiger partial charge in [0.25, 0.3) is 5.91 Å². The molecule has 2 fully saturated rings. The maximum absolute atomic E-state index is 12.5. The fourth-order valence-electron chi connectivity index (χ4n) is 3.69. The zero-order chi connectivity index (χ0) is 17.8. The van der Waals surface area contributed by atoms with Gasteiger partial charge in [-0.2, -0.15) is 0 Å². The molecular formula is C19H27N3O3. The number of nitrogens with two attached hydrogens (primary N) is 1.